The van der Waals surface area contributed by atoms with E-state index in [4.69, 9.17) is 0 Å². The van der Waals surface area contributed by atoms with Crippen LogP contribution in [-0.2, 0) is 28.9 Å². The standard InChI is InChI=1S/C42H58N4O2/c1-7-8-9-10-15-39(47)45-20-19-33-34-26-30(16-17-36(34)44-42(33)37(45)22-27(2)3)24-29(6)25-40(48)46-21-18-32-31-13-11-12-14-35(31)43-41(32)38(46)23-28(4)5/h11-14,16-17,26-29,37-38,43-44H,7-10,15,18-25H2,1-6H3. The van der Waals surface area contributed by atoms with Crippen LogP contribution in [0.3, 0.4) is 0 Å². The second-order valence-electron chi connectivity index (χ2n) is 15.7. The fraction of sp³-hybridized carbons (Fsp3) is 0.571. The van der Waals surface area contributed by atoms with E-state index in [0.29, 0.717) is 30.6 Å². The van der Waals surface area contributed by atoms with Gasteiger partial charge in [0.15, 0.2) is 0 Å². The Kier molecular flexibility index (Phi) is 10.7. The summed E-state index contributed by atoms with van der Waals surface area (Å²) in [5.41, 5.74) is 8.89. The summed E-state index contributed by atoms with van der Waals surface area (Å²) in [6.45, 7) is 15.1. The summed E-state index contributed by atoms with van der Waals surface area (Å²) in [4.78, 5) is 39.2. The SMILES string of the molecule is CCCCCCC(=O)N1CCc2c([nH]c3ccc(CC(C)CC(=O)N4CCc5c([nH]c6ccccc56)C4CC(C)C)cc23)C1CC(C)C. The van der Waals surface area contributed by atoms with Gasteiger partial charge in [0.1, 0.15) is 0 Å². The van der Waals surface area contributed by atoms with Crippen molar-refractivity contribution in [2.45, 2.75) is 124 Å². The second-order valence-corrected chi connectivity index (χ2v) is 15.7. The second kappa shape index (κ2) is 14.9. The number of hydrogen-bond acceptors (Lipinski definition) is 2. The Labute approximate surface area is 288 Å². The van der Waals surface area contributed by atoms with Gasteiger partial charge in [0, 0.05) is 59.1 Å². The van der Waals surface area contributed by atoms with Crippen LogP contribution in [0.15, 0.2) is 42.5 Å². The highest BCUT2D eigenvalue weighted by Crippen LogP contribution is 2.40. The number of fused-ring (bicyclic) bond motifs is 6. The molecule has 6 rings (SSSR count). The Morgan fingerprint density at radius 2 is 1.35 bits per heavy atom. The number of nitrogens with zero attached hydrogens (tertiary/aromatic N) is 2. The zero-order valence-corrected chi connectivity index (χ0v) is 30.3. The first-order valence-electron chi connectivity index (χ1n) is 19.0. The van der Waals surface area contributed by atoms with E-state index in [1.54, 1.807) is 0 Å². The van der Waals surface area contributed by atoms with Crippen LogP contribution < -0.4 is 0 Å². The van der Waals surface area contributed by atoms with Crippen molar-refractivity contribution in [1.82, 2.24) is 19.8 Å². The van der Waals surface area contributed by atoms with Gasteiger partial charge in [-0.1, -0.05) is 85.1 Å². The van der Waals surface area contributed by atoms with Gasteiger partial charge in [0.25, 0.3) is 0 Å². The number of amides is 2. The lowest BCUT2D eigenvalue weighted by molar-refractivity contribution is -0.136. The van der Waals surface area contributed by atoms with Crippen molar-refractivity contribution in [2.75, 3.05) is 13.1 Å². The lowest BCUT2D eigenvalue weighted by Crippen LogP contribution is -2.41. The highest BCUT2D eigenvalue weighted by Gasteiger charge is 2.35. The molecule has 2 N–H and O–H groups in total. The number of rotatable bonds is 13. The quantitative estimate of drug-likeness (QED) is 0.141. The molecule has 3 atom stereocenters. The first-order chi connectivity index (χ1) is 23.1. The third-order valence-electron chi connectivity index (χ3n) is 10.9. The zero-order valence-electron chi connectivity index (χ0n) is 30.3. The summed E-state index contributed by atoms with van der Waals surface area (Å²) < 4.78 is 0. The van der Waals surface area contributed by atoms with Crippen LogP contribution in [0.5, 0.6) is 0 Å². The summed E-state index contributed by atoms with van der Waals surface area (Å²) in [5, 5.41) is 2.60. The molecule has 2 aliphatic rings. The molecule has 0 saturated heterocycles. The van der Waals surface area contributed by atoms with Crippen LogP contribution >= 0.6 is 0 Å². The van der Waals surface area contributed by atoms with E-state index < -0.39 is 0 Å². The Balaban J connectivity index is 1.16. The number of nitrogens with one attached hydrogen (secondary N) is 2. The molecule has 2 aromatic heterocycles. The summed E-state index contributed by atoms with van der Waals surface area (Å²) in [7, 11) is 0. The van der Waals surface area contributed by atoms with Crippen LogP contribution in [0.25, 0.3) is 21.8 Å². The molecule has 2 amide bonds. The normalized spacial score (nSPS) is 18.6. The van der Waals surface area contributed by atoms with Crippen LogP contribution in [0, 0.1) is 17.8 Å². The minimum atomic E-state index is 0.102. The van der Waals surface area contributed by atoms with Crippen LogP contribution in [0.2, 0.25) is 0 Å². The lowest BCUT2D eigenvalue weighted by Gasteiger charge is -2.37. The Bertz CT molecular complexity index is 1730. The molecule has 0 spiro atoms. The molecule has 0 bridgehead atoms. The van der Waals surface area contributed by atoms with Crippen molar-refractivity contribution < 1.29 is 9.59 Å². The molecule has 0 fully saturated rings. The van der Waals surface area contributed by atoms with Crippen LogP contribution in [0.4, 0.5) is 0 Å². The minimum Gasteiger partial charge on any atom is -0.356 e. The van der Waals surface area contributed by atoms with E-state index in [1.807, 2.05) is 0 Å². The molecule has 0 radical (unpaired) electrons. The number of unbranched alkanes of at least 4 members (excludes halogenated alkanes) is 3. The predicted octanol–water partition coefficient (Wildman–Crippen LogP) is 9.83. The van der Waals surface area contributed by atoms with Gasteiger partial charge in [-0.25, -0.2) is 0 Å². The van der Waals surface area contributed by atoms with Crippen molar-refractivity contribution >= 4 is 33.6 Å². The molecule has 6 nitrogen and oxygen atoms in total. The van der Waals surface area contributed by atoms with E-state index >= 15 is 0 Å². The number of benzene rings is 2. The van der Waals surface area contributed by atoms with Crippen molar-refractivity contribution in [3.63, 3.8) is 0 Å². The van der Waals surface area contributed by atoms with Crippen molar-refractivity contribution in [2.24, 2.45) is 17.8 Å². The van der Waals surface area contributed by atoms with Crippen molar-refractivity contribution in [3.05, 3.63) is 70.5 Å². The predicted molar refractivity (Wildman–Crippen MR) is 198 cm³/mol. The Morgan fingerprint density at radius 3 is 2.00 bits per heavy atom. The number of hydrogen-bond donors (Lipinski definition) is 2. The van der Waals surface area contributed by atoms with Gasteiger partial charge in [0.2, 0.25) is 11.8 Å². The molecule has 4 aromatic rings. The molecule has 3 unspecified atom stereocenters. The average Bonchev–Trinajstić information content (AvgIpc) is 3.61. The number of para-hydroxylation sites is 1. The van der Waals surface area contributed by atoms with Gasteiger partial charge >= 0.3 is 0 Å². The first kappa shape index (κ1) is 34.3. The fourth-order valence-electron chi connectivity index (χ4n) is 8.58. The van der Waals surface area contributed by atoms with E-state index in [-0.39, 0.29) is 23.9 Å². The van der Waals surface area contributed by atoms with Crippen LogP contribution in [0.1, 0.15) is 133 Å². The van der Waals surface area contributed by atoms with Crippen LogP contribution in [-0.4, -0.2) is 44.7 Å². The smallest absolute Gasteiger partial charge is 0.223 e. The summed E-state index contributed by atoms with van der Waals surface area (Å²) in [6, 6.07) is 15.6. The number of carbonyl (C=O) groups excluding carboxylic acids is 2. The van der Waals surface area contributed by atoms with Gasteiger partial charge < -0.3 is 19.8 Å². The Morgan fingerprint density at radius 1 is 0.750 bits per heavy atom. The van der Waals surface area contributed by atoms with Gasteiger partial charge in [-0.3, -0.25) is 9.59 Å². The van der Waals surface area contributed by atoms with Crippen molar-refractivity contribution in [1.29, 1.82) is 0 Å². The van der Waals surface area contributed by atoms with E-state index in [9.17, 15) is 9.59 Å². The third-order valence-corrected chi connectivity index (χ3v) is 10.9. The number of aromatic amines is 2. The molecular weight excluding hydrogens is 592 g/mol. The average molecular weight is 651 g/mol. The molecule has 258 valence electrons. The largest absolute Gasteiger partial charge is 0.356 e. The van der Waals surface area contributed by atoms with Gasteiger partial charge in [-0.15, -0.1) is 0 Å². The summed E-state index contributed by atoms with van der Waals surface area (Å²) in [5.74, 6) is 1.82. The van der Waals surface area contributed by atoms with E-state index in [0.717, 1.165) is 63.6 Å². The number of H-pyrrole nitrogens is 2. The third kappa shape index (κ3) is 7.23. The van der Waals surface area contributed by atoms with Gasteiger partial charge in [-0.2, -0.15) is 0 Å². The lowest BCUT2D eigenvalue weighted by atomic mass is 9.89. The highest BCUT2D eigenvalue weighted by atomic mass is 16.2. The highest BCUT2D eigenvalue weighted by molar-refractivity contribution is 5.88. The monoisotopic (exact) mass is 650 g/mol. The molecule has 0 aliphatic carbocycles. The molecule has 6 heteroatoms. The molecule has 48 heavy (non-hydrogen) atoms. The van der Waals surface area contributed by atoms with Crippen molar-refractivity contribution in [3.8, 4) is 0 Å². The topological polar surface area (TPSA) is 72.2 Å². The number of aromatic nitrogens is 2. The summed E-state index contributed by atoms with van der Waals surface area (Å²) >= 11 is 0. The van der Waals surface area contributed by atoms with Gasteiger partial charge in [0.05, 0.1) is 12.1 Å². The molecule has 2 aliphatic heterocycles. The maximum absolute atomic E-state index is 14.0. The first-order valence-corrected chi connectivity index (χ1v) is 19.0. The summed E-state index contributed by atoms with van der Waals surface area (Å²) in [6.07, 6.45) is 10.3. The Hall–Kier alpha value is -3.54. The van der Waals surface area contributed by atoms with E-state index in [2.05, 4.69) is 104 Å². The van der Waals surface area contributed by atoms with Gasteiger partial charge in [-0.05, 0) is 91.2 Å². The zero-order chi connectivity index (χ0) is 33.9. The molecule has 0 saturated carbocycles. The molecule has 4 heterocycles. The number of carbonyl (C=O) groups is 2. The minimum absolute atomic E-state index is 0.102. The maximum atomic E-state index is 14.0. The maximum Gasteiger partial charge on any atom is 0.223 e. The fourth-order valence-corrected chi connectivity index (χ4v) is 8.58. The van der Waals surface area contributed by atoms with E-state index in [1.165, 1.54) is 57.2 Å². The molecule has 2 aromatic carbocycles. The molecular formula is C42H58N4O2.